The molecule has 176 valence electrons. The fraction of sp³-hybridized carbons (Fsp3) is 0.520. The van der Waals surface area contributed by atoms with E-state index in [4.69, 9.17) is 0 Å². The van der Waals surface area contributed by atoms with Crippen molar-refractivity contribution in [3.05, 3.63) is 59.2 Å². The molecule has 2 amide bonds. The molecule has 2 aliphatic heterocycles. The first-order valence-electron chi connectivity index (χ1n) is 11.8. The van der Waals surface area contributed by atoms with Gasteiger partial charge < -0.3 is 15.3 Å². The van der Waals surface area contributed by atoms with Crippen LogP contribution in [-0.4, -0.2) is 75.5 Å². The molecule has 0 aliphatic carbocycles. The number of hydrogen-bond acceptors (Lipinski definition) is 6. The number of rotatable bonds is 7. The van der Waals surface area contributed by atoms with Crippen LogP contribution < -0.4 is 5.32 Å². The highest BCUT2D eigenvalue weighted by molar-refractivity contribution is 5.92. The zero-order valence-corrected chi connectivity index (χ0v) is 19.2. The number of aromatic nitrogens is 2. The number of carbonyl (C=O) groups excluding carboxylic acids is 2. The van der Waals surface area contributed by atoms with E-state index in [1.54, 1.807) is 13.0 Å². The molecule has 1 fully saturated rings. The topological polar surface area (TPSA) is 98.7 Å². The summed E-state index contributed by atoms with van der Waals surface area (Å²) in [5.41, 5.74) is 3.78. The molecule has 1 aromatic heterocycles. The maximum Gasteiger partial charge on any atom is 0.270 e. The maximum atomic E-state index is 12.6. The van der Waals surface area contributed by atoms with Crippen molar-refractivity contribution >= 4 is 11.8 Å². The van der Waals surface area contributed by atoms with Gasteiger partial charge in [0.05, 0.1) is 6.10 Å². The summed E-state index contributed by atoms with van der Waals surface area (Å²) in [4.78, 5) is 36.8. The number of carbonyl (C=O) groups is 2. The van der Waals surface area contributed by atoms with Gasteiger partial charge in [-0.15, -0.1) is 0 Å². The molecule has 2 N–H and O–H groups in total. The Morgan fingerprint density at radius 3 is 2.85 bits per heavy atom. The molecule has 2 aromatic rings. The highest BCUT2D eigenvalue weighted by Crippen LogP contribution is 2.21. The number of piperidine rings is 1. The van der Waals surface area contributed by atoms with Gasteiger partial charge >= 0.3 is 0 Å². The third-order valence-corrected chi connectivity index (χ3v) is 6.60. The van der Waals surface area contributed by atoms with Crippen LogP contribution in [0, 0.1) is 5.92 Å². The molecule has 8 nitrogen and oxygen atoms in total. The summed E-state index contributed by atoms with van der Waals surface area (Å²) in [6.07, 6.45) is 4.49. The van der Waals surface area contributed by atoms with Crippen LogP contribution >= 0.6 is 0 Å². The number of aliphatic hydroxyl groups is 1. The Bertz CT molecular complexity index is 982. The third-order valence-electron chi connectivity index (χ3n) is 6.60. The third kappa shape index (κ3) is 6.36. The fourth-order valence-corrected chi connectivity index (χ4v) is 4.82. The Kier molecular flexibility index (Phi) is 7.67. The van der Waals surface area contributed by atoms with Crippen LogP contribution in [0.15, 0.2) is 36.7 Å². The zero-order chi connectivity index (χ0) is 23.2. The van der Waals surface area contributed by atoms with Crippen LogP contribution in [0.3, 0.4) is 0 Å². The van der Waals surface area contributed by atoms with Gasteiger partial charge in [-0.1, -0.05) is 24.3 Å². The number of likely N-dealkylation sites (tertiary alicyclic amines) is 1. The van der Waals surface area contributed by atoms with Crippen molar-refractivity contribution in [2.45, 2.75) is 45.3 Å². The summed E-state index contributed by atoms with van der Waals surface area (Å²) in [7, 11) is 0. The van der Waals surface area contributed by atoms with Gasteiger partial charge in [0, 0.05) is 51.9 Å². The van der Waals surface area contributed by atoms with E-state index in [1.807, 2.05) is 11.0 Å². The highest BCUT2D eigenvalue weighted by Gasteiger charge is 2.23. The lowest BCUT2D eigenvalue weighted by Gasteiger charge is -2.31. The van der Waals surface area contributed by atoms with Crippen LogP contribution in [0.5, 0.6) is 0 Å². The quantitative estimate of drug-likeness (QED) is 0.661. The number of nitrogens with zero attached hydrogens (tertiary/aromatic N) is 4. The Labute approximate surface area is 195 Å². The molecule has 3 heterocycles. The number of aliphatic hydroxyl groups excluding tert-OH is 1. The average Bonchev–Trinajstić information content (AvgIpc) is 2.83. The SMILES string of the molecule is CC(=O)N1CCC[C@H](Cc2cc(C(=O)NC[C@H](O)CN3CCc4ccccc4C3)ncn2)C1. The lowest BCUT2D eigenvalue weighted by molar-refractivity contribution is -0.130. The summed E-state index contributed by atoms with van der Waals surface area (Å²) >= 11 is 0. The van der Waals surface area contributed by atoms with E-state index in [0.29, 0.717) is 24.6 Å². The second-order valence-electron chi connectivity index (χ2n) is 9.19. The summed E-state index contributed by atoms with van der Waals surface area (Å²) in [6.45, 7) is 5.56. The second-order valence-corrected chi connectivity index (χ2v) is 9.19. The molecule has 2 atom stereocenters. The minimum Gasteiger partial charge on any atom is -0.390 e. The van der Waals surface area contributed by atoms with Crippen molar-refractivity contribution in [1.82, 2.24) is 25.1 Å². The zero-order valence-electron chi connectivity index (χ0n) is 19.2. The molecule has 0 bridgehead atoms. The molecular formula is C25H33N5O3. The number of fused-ring (bicyclic) bond motifs is 1. The van der Waals surface area contributed by atoms with Crippen molar-refractivity contribution in [2.75, 3.05) is 32.7 Å². The molecule has 1 saturated heterocycles. The fourth-order valence-electron chi connectivity index (χ4n) is 4.82. The lowest BCUT2D eigenvalue weighted by atomic mass is 9.93. The van der Waals surface area contributed by atoms with E-state index >= 15 is 0 Å². The van der Waals surface area contributed by atoms with E-state index in [0.717, 1.165) is 51.1 Å². The van der Waals surface area contributed by atoms with Gasteiger partial charge in [0.2, 0.25) is 5.91 Å². The predicted molar refractivity (Wildman–Crippen MR) is 124 cm³/mol. The number of β-amino-alcohol motifs (C(OH)–C–C–N with tert-alkyl or cyclic N) is 1. The van der Waals surface area contributed by atoms with Gasteiger partial charge in [-0.3, -0.25) is 14.5 Å². The van der Waals surface area contributed by atoms with Crippen molar-refractivity contribution in [2.24, 2.45) is 5.92 Å². The summed E-state index contributed by atoms with van der Waals surface area (Å²) in [6, 6.07) is 10.1. The van der Waals surface area contributed by atoms with E-state index in [1.165, 1.54) is 17.5 Å². The molecule has 0 spiro atoms. The van der Waals surface area contributed by atoms with Gasteiger partial charge in [0.1, 0.15) is 12.0 Å². The minimum absolute atomic E-state index is 0.106. The van der Waals surface area contributed by atoms with Crippen LogP contribution in [-0.2, 0) is 24.2 Å². The van der Waals surface area contributed by atoms with Crippen molar-refractivity contribution < 1.29 is 14.7 Å². The van der Waals surface area contributed by atoms with E-state index in [-0.39, 0.29) is 18.4 Å². The number of benzene rings is 1. The minimum atomic E-state index is -0.652. The summed E-state index contributed by atoms with van der Waals surface area (Å²) in [5, 5.41) is 13.3. The monoisotopic (exact) mass is 451 g/mol. The molecular weight excluding hydrogens is 418 g/mol. The smallest absolute Gasteiger partial charge is 0.270 e. The predicted octanol–water partition coefficient (Wildman–Crippen LogP) is 1.43. The van der Waals surface area contributed by atoms with E-state index in [2.05, 4.69) is 38.4 Å². The van der Waals surface area contributed by atoms with Gasteiger partial charge in [-0.2, -0.15) is 0 Å². The Hall–Kier alpha value is -2.84. The Morgan fingerprint density at radius 2 is 2.03 bits per heavy atom. The molecule has 1 aromatic carbocycles. The molecule has 0 radical (unpaired) electrons. The van der Waals surface area contributed by atoms with Gasteiger partial charge in [-0.25, -0.2) is 9.97 Å². The maximum absolute atomic E-state index is 12.6. The number of hydrogen-bond donors (Lipinski definition) is 2. The second kappa shape index (κ2) is 10.9. The van der Waals surface area contributed by atoms with Crippen LogP contribution in [0.1, 0.15) is 47.1 Å². The Balaban J connectivity index is 1.25. The summed E-state index contributed by atoms with van der Waals surface area (Å²) in [5.74, 6) is 0.135. The van der Waals surface area contributed by atoms with Gasteiger partial charge in [0.25, 0.3) is 5.91 Å². The molecule has 8 heteroatoms. The molecule has 2 aliphatic rings. The molecule has 33 heavy (non-hydrogen) atoms. The van der Waals surface area contributed by atoms with Crippen molar-refractivity contribution in [1.29, 1.82) is 0 Å². The first-order chi connectivity index (χ1) is 16.0. The van der Waals surface area contributed by atoms with Crippen molar-refractivity contribution in [3.63, 3.8) is 0 Å². The largest absolute Gasteiger partial charge is 0.390 e. The van der Waals surface area contributed by atoms with E-state index in [9.17, 15) is 14.7 Å². The highest BCUT2D eigenvalue weighted by atomic mass is 16.3. The average molecular weight is 452 g/mol. The number of nitrogens with one attached hydrogen (secondary N) is 1. The Morgan fingerprint density at radius 1 is 1.21 bits per heavy atom. The molecule has 0 unspecified atom stereocenters. The molecule has 0 saturated carbocycles. The van der Waals surface area contributed by atoms with Gasteiger partial charge in [0.15, 0.2) is 0 Å². The first kappa shape index (κ1) is 23.3. The van der Waals surface area contributed by atoms with Crippen LogP contribution in [0.25, 0.3) is 0 Å². The lowest BCUT2D eigenvalue weighted by Crippen LogP contribution is -2.42. The number of amides is 2. The van der Waals surface area contributed by atoms with Crippen LogP contribution in [0.2, 0.25) is 0 Å². The van der Waals surface area contributed by atoms with Crippen LogP contribution in [0.4, 0.5) is 0 Å². The first-order valence-corrected chi connectivity index (χ1v) is 11.8. The summed E-state index contributed by atoms with van der Waals surface area (Å²) < 4.78 is 0. The van der Waals surface area contributed by atoms with Gasteiger partial charge in [-0.05, 0) is 48.8 Å². The normalized spacial score (nSPS) is 19.6. The standard InChI is InChI=1S/C25H33N5O3/c1-18(31)30-9-4-5-19(14-30)11-22-12-24(28-17-27-22)25(33)26-13-23(32)16-29-10-8-20-6-2-3-7-21(20)15-29/h2-3,6-7,12,17,19,23,32H,4-5,8-11,13-16H2,1H3,(H,26,33)/t19-,23+/m1/s1. The van der Waals surface area contributed by atoms with E-state index < -0.39 is 6.10 Å². The van der Waals surface area contributed by atoms with Crippen molar-refractivity contribution in [3.8, 4) is 0 Å². The molecule has 4 rings (SSSR count).